The van der Waals surface area contributed by atoms with E-state index < -0.39 is 24.5 Å². The molecule has 0 saturated carbocycles. The highest BCUT2D eigenvalue weighted by Crippen LogP contribution is 2.36. The van der Waals surface area contributed by atoms with E-state index in [1.165, 1.54) is 24.0 Å². The number of halogens is 6. The first kappa shape index (κ1) is 21.2. The minimum absolute atomic E-state index is 0.237. The third kappa shape index (κ3) is 4.74. The monoisotopic (exact) mass is 436 g/mol. The van der Waals surface area contributed by atoms with Crippen LogP contribution in [-0.2, 0) is 13.2 Å². The first-order chi connectivity index (χ1) is 13.5. The van der Waals surface area contributed by atoms with Crippen LogP contribution in [0.3, 0.4) is 0 Å². The van der Waals surface area contributed by atoms with Gasteiger partial charge in [0.1, 0.15) is 5.69 Å². The van der Waals surface area contributed by atoms with Crippen LogP contribution < -0.4 is 4.74 Å². The van der Waals surface area contributed by atoms with E-state index in [1.807, 2.05) is 0 Å². The summed E-state index contributed by atoms with van der Waals surface area (Å²) in [6.45, 7) is 0.292. The lowest BCUT2D eigenvalue weighted by atomic mass is 10.2. The van der Waals surface area contributed by atoms with E-state index in [4.69, 9.17) is 0 Å². The average Bonchev–Trinajstić information content (AvgIpc) is 2.95. The second-order valence-electron chi connectivity index (χ2n) is 5.91. The van der Waals surface area contributed by atoms with Gasteiger partial charge in [0.25, 0.3) is 0 Å². The van der Waals surface area contributed by atoms with Crippen molar-refractivity contribution in [3.8, 4) is 17.4 Å². The van der Waals surface area contributed by atoms with E-state index in [9.17, 15) is 26.3 Å². The Labute approximate surface area is 165 Å². The molecule has 3 aromatic heterocycles. The van der Waals surface area contributed by atoms with Crippen LogP contribution in [0.2, 0.25) is 0 Å². The number of alkyl halides is 6. The van der Waals surface area contributed by atoms with Crippen molar-refractivity contribution in [3.05, 3.63) is 30.1 Å². The van der Waals surface area contributed by atoms with Gasteiger partial charge in [-0.1, -0.05) is 6.92 Å². The molecule has 0 spiro atoms. The standard InChI is InChI=1S/C17H14F6N4OS/c1-3-29-12-4-9(17(21,22)23)6-25-14(12)15-26-10-5-13(28-8-16(18,19)20)24-7-11(10)27(15)2/h4-7H,3,8H2,1-2H3. The molecule has 0 aliphatic carbocycles. The van der Waals surface area contributed by atoms with Crippen LogP contribution in [0.1, 0.15) is 12.5 Å². The summed E-state index contributed by atoms with van der Waals surface area (Å²) in [6, 6.07) is 2.24. The lowest BCUT2D eigenvalue weighted by Crippen LogP contribution is -2.19. The van der Waals surface area contributed by atoms with Crippen LogP contribution in [0.15, 0.2) is 29.4 Å². The first-order valence-corrected chi connectivity index (χ1v) is 9.20. The minimum Gasteiger partial charge on any atom is -0.468 e. The number of hydrogen-bond donors (Lipinski definition) is 0. The smallest absolute Gasteiger partial charge is 0.422 e. The van der Waals surface area contributed by atoms with Crippen molar-refractivity contribution in [3.63, 3.8) is 0 Å². The van der Waals surface area contributed by atoms with Crippen molar-refractivity contribution >= 4 is 22.8 Å². The van der Waals surface area contributed by atoms with Crippen molar-refractivity contribution < 1.29 is 31.1 Å². The second-order valence-corrected chi connectivity index (χ2v) is 7.22. The van der Waals surface area contributed by atoms with Crippen molar-refractivity contribution in [1.82, 2.24) is 19.5 Å². The number of imidazole rings is 1. The lowest BCUT2D eigenvalue weighted by molar-refractivity contribution is -0.154. The van der Waals surface area contributed by atoms with Crippen molar-refractivity contribution in [2.75, 3.05) is 12.4 Å². The van der Waals surface area contributed by atoms with Crippen molar-refractivity contribution in [2.45, 2.75) is 24.2 Å². The van der Waals surface area contributed by atoms with E-state index in [2.05, 4.69) is 19.7 Å². The zero-order valence-corrected chi connectivity index (χ0v) is 15.9. The Kier molecular flexibility index (Phi) is 5.65. The molecule has 3 heterocycles. The minimum atomic E-state index is -4.53. The van der Waals surface area contributed by atoms with Crippen molar-refractivity contribution in [2.24, 2.45) is 7.05 Å². The number of aromatic nitrogens is 4. The zero-order valence-electron chi connectivity index (χ0n) is 15.1. The fraction of sp³-hybridized carbons (Fsp3) is 0.353. The molecule has 0 aliphatic rings. The number of rotatable bonds is 5. The Balaban J connectivity index is 2.04. The van der Waals surface area contributed by atoms with Crippen LogP contribution in [0.4, 0.5) is 26.3 Å². The molecule has 0 aromatic carbocycles. The van der Waals surface area contributed by atoms with Gasteiger partial charge in [-0.05, 0) is 11.8 Å². The number of fused-ring (bicyclic) bond motifs is 1. The van der Waals surface area contributed by atoms with Gasteiger partial charge >= 0.3 is 12.4 Å². The molecule has 0 saturated heterocycles. The normalized spacial score (nSPS) is 12.6. The Morgan fingerprint density at radius 3 is 2.41 bits per heavy atom. The summed E-state index contributed by atoms with van der Waals surface area (Å²) in [5, 5.41) is 0. The van der Waals surface area contributed by atoms with Crippen LogP contribution in [0.25, 0.3) is 22.6 Å². The van der Waals surface area contributed by atoms with Crippen LogP contribution in [0, 0.1) is 0 Å². The van der Waals surface area contributed by atoms with Crippen LogP contribution in [0.5, 0.6) is 5.88 Å². The fourth-order valence-corrected chi connectivity index (χ4v) is 3.35. The maximum absolute atomic E-state index is 13.0. The summed E-state index contributed by atoms with van der Waals surface area (Å²) < 4.78 is 82.2. The molecule has 0 N–H and O–H groups in total. The topological polar surface area (TPSA) is 52.8 Å². The fourth-order valence-electron chi connectivity index (χ4n) is 2.55. The van der Waals surface area contributed by atoms with Gasteiger partial charge in [-0.2, -0.15) is 26.3 Å². The lowest BCUT2D eigenvalue weighted by Gasteiger charge is -2.12. The average molecular weight is 436 g/mol. The highest BCUT2D eigenvalue weighted by atomic mass is 32.2. The Hall–Kier alpha value is -2.50. The van der Waals surface area contributed by atoms with Crippen LogP contribution in [-0.4, -0.2) is 38.1 Å². The molecule has 0 atom stereocenters. The SMILES string of the molecule is CCSc1cc(C(F)(F)F)cnc1-c1nc2cc(OCC(F)(F)F)ncc2n1C. The second kappa shape index (κ2) is 7.73. The third-order valence-electron chi connectivity index (χ3n) is 3.82. The molecule has 3 aromatic rings. The molecular formula is C17H14F6N4OS. The summed E-state index contributed by atoms with van der Waals surface area (Å²) in [6.07, 6.45) is -7.03. The number of pyridine rings is 2. The zero-order chi connectivity index (χ0) is 21.4. The molecule has 12 heteroatoms. The quantitative estimate of drug-likeness (QED) is 0.411. The molecular weight excluding hydrogens is 422 g/mol. The van der Waals surface area contributed by atoms with E-state index in [-0.39, 0.29) is 22.9 Å². The molecule has 0 amide bonds. The summed E-state index contributed by atoms with van der Waals surface area (Å²) in [5.41, 5.74) is 0.110. The Morgan fingerprint density at radius 1 is 1.07 bits per heavy atom. The molecule has 3 rings (SSSR count). The summed E-state index contributed by atoms with van der Waals surface area (Å²) in [7, 11) is 1.61. The molecule has 0 radical (unpaired) electrons. The molecule has 0 unspecified atom stereocenters. The maximum atomic E-state index is 13.0. The van der Waals surface area contributed by atoms with Gasteiger partial charge in [0.2, 0.25) is 5.88 Å². The van der Waals surface area contributed by atoms with E-state index in [0.29, 0.717) is 16.2 Å². The summed E-state index contributed by atoms with van der Waals surface area (Å²) in [5.74, 6) is 0.513. The molecule has 29 heavy (non-hydrogen) atoms. The predicted molar refractivity (Wildman–Crippen MR) is 94.7 cm³/mol. The summed E-state index contributed by atoms with van der Waals surface area (Å²) in [4.78, 5) is 12.4. The van der Waals surface area contributed by atoms with Gasteiger partial charge < -0.3 is 9.30 Å². The first-order valence-electron chi connectivity index (χ1n) is 8.22. The molecule has 0 aliphatic heterocycles. The maximum Gasteiger partial charge on any atom is 0.422 e. The number of thioether (sulfide) groups is 1. The van der Waals surface area contributed by atoms with Gasteiger partial charge in [-0.15, -0.1) is 11.8 Å². The van der Waals surface area contributed by atoms with Gasteiger partial charge in [0.15, 0.2) is 12.4 Å². The number of ether oxygens (including phenoxy) is 1. The molecule has 0 bridgehead atoms. The highest BCUT2D eigenvalue weighted by Gasteiger charge is 2.32. The highest BCUT2D eigenvalue weighted by molar-refractivity contribution is 7.99. The largest absolute Gasteiger partial charge is 0.468 e. The predicted octanol–water partition coefficient (Wildman–Crippen LogP) is 5.10. The Morgan fingerprint density at radius 2 is 1.79 bits per heavy atom. The van der Waals surface area contributed by atoms with Gasteiger partial charge in [0, 0.05) is 24.2 Å². The van der Waals surface area contributed by atoms with E-state index in [1.54, 1.807) is 18.5 Å². The number of hydrogen-bond acceptors (Lipinski definition) is 5. The van der Waals surface area contributed by atoms with Gasteiger partial charge in [-0.3, -0.25) is 4.98 Å². The number of nitrogens with zero attached hydrogens (tertiary/aromatic N) is 4. The molecule has 156 valence electrons. The Bertz CT molecular complexity index is 1030. The third-order valence-corrected chi connectivity index (χ3v) is 4.73. The van der Waals surface area contributed by atoms with Gasteiger partial charge in [0.05, 0.1) is 22.8 Å². The van der Waals surface area contributed by atoms with Crippen molar-refractivity contribution in [1.29, 1.82) is 0 Å². The van der Waals surface area contributed by atoms with Crippen LogP contribution >= 0.6 is 11.8 Å². The van der Waals surface area contributed by atoms with E-state index >= 15 is 0 Å². The molecule has 5 nitrogen and oxygen atoms in total. The van der Waals surface area contributed by atoms with E-state index in [0.717, 1.165) is 12.3 Å². The van der Waals surface area contributed by atoms with Gasteiger partial charge in [-0.25, -0.2) is 9.97 Å². The number of aryl methyl sites for hydroxylation is 1. The summed E-state index contributed by atoms with van der Waals surface area (Å²) >= 11 is 1.18. The molecule has 0 fully saturated rings.